The predicted octanol–water partition coefficient (Wildman–Crippen LogP) is 10.3. The van der Waals surface area contributed by atoms with Crippen molar-refractivity contribution in [2.24, 2.45) is 0 Å². The average Bonchev–Trinajstić information content (AvgIpc) is 2.81. The van der Waals surface area contributed by atoms with Crippen LogP contribution in [-0.4, -0.2) is 22.2 Å². The molecule has 0 heterocycles. The summed E-state index contributed by atoms with van der Waals surface area (Å²) in [5.41, 5.74) is 1.65. The third-order valence-electron chi connectivity index (χ3n) is 6.50. The number of rotatable bonds is 20. The summed E-state index contributed by atoms with van der Waals surface area (Å²) in [5, 5.41) is 19.7. The molecule has 0 bridgehead atoms. The molecule has 0 amide bonds. The molecule has 0 aliphatic rings. The van der Waals surface area contributed by atoms with Crippen LogP contribution in [0.4, 0.5) is 0 Å². The van der Waals surface area contributed by atoms with Gasteiger partial charge in [0.1, 0.15) is 0 Å². The first kappa shape index (κ1) is 31.6. The van der Waals surface area contributed by atoms with Gasteiger partial charge in [0.15, 0.2) is 0 Å². The molecule has 0 fully saturated rings. The fraction of sp³-hybridized carbons (Fsp3) is 0.714. The Balaban J connectivity index is 2.91. The van der Waals surface area contributed by atoms with Gasteiger partial charge >= 0.3 is 11.9 Å². The van der Waals surface area contributed by atoms with Gasteiger partial charge in [-0.05, 0) is 30.0 Å². The molecule has 2 unspecified atom stereocenters. The molecular formula is C28H44I2O4. The van der Waals surface area contributed by atoms with E-state index in [1.165, 1.54) is 76.7 Å². The molecule has 0 saturated heterocycles. The maximum atomic E-state index is 12.2. The van der Waals surface area contributed by atoms with E-state index >= 15 is 0 Å². The van der Waals surface area contributed by atoms with Crippen LogP contribution in [-0.2, 0) is 0 Å². The zero-order valence-electron chi connectivity index (χ0n) is 21.1. The van der Waals surface area contributed by atoms with Gasteiger partial charge in [0.05, 0.1) is 11.1 Å². The summed E-state index contributed by atoms with van der Waals surface area (Å²) in [5.74, 6) is -2.29. The van der Waals surface area contributed by atoms with Crippen LogP contribution < -0.4 is 0 Å². The van der Waals surface area contributed by atoms with Crippen molar-refractivity contribution in [2.45, 2.75) is 124 Å². The Morgan fingerprint density at radius 1 is 0.676 bits per heavy atom. The molecule has 0 aromatic heterocycles. The lowest BCUT2D eigenvalue weighted by Crippen LogP contribution is -2.15. The highest BCUT2D eigenvalue weighted by atomic mass is 127. The van der Waals surface area contributed by atoms with Crippen LogP contribution in [0.2, 0.25) is 0 Å². The topological polar surface area (TPSA) is 74.6 Å². The molecule has 6 heteroatoms. The highest BCUT2D eigenvalue weighted by Gasteiger charge is 2.28. The second-order valence-corrected chi connectivity index (χ2v) is 12.4. The Bertz CT molecular complexity index is 735. The minimum atomic E-state index is -1.16. The van der Waals surface area contributed by atoms with Crippen molar-refractivity contribution < 1.29 is 19.8 Å². The zero-order chi connectivity index (χ0) is 25.3. The first-order valence-corrected chi connectivity index (χ1v) is 15.8. The molecule has 0 saturated carbocycles. The van der Waals surface area contributed by atoms with Crippen LogP contribution in [0.3, 0.4) is 0 Å². The van der Waals surface area contributed by atoms with Gasteiger partial charge in [0.2, 0.25) is 0 Å². The van der Waals surface area contributed by atoms with Crippen LogP contribution >= 0.6 is 45.2 Å². The van der Waals surface area contributed by atoms with E-state index in [9.17, 15) is 19.8 Å². The molecule has 0 aliphatic carbocycles. The smallest absolute Gasteiger partial charge is 0.336 e. The van der Waals surface area contributed by atoms with E-state index in [4.69, 9.17) is 0 Å². The lowest BCUT2D eigenvalue weighted by molar-refractivity contribution is 0.0650. The minimum Gasteiger partial charge on any atom is -0.478 e. The number of carbonyl (C=O) groups is 2. The molecule has 0 radical (unpaired) electrons. The molecule has 2 N–H and O–H groups in total. The summed E-state index contributed by atoms with van der Waals surface area (Å²) in [4.78, 5) is 24.0. The van der Waals surface area contributed by atoms with Gasteiger partial charge in [-0.25, -0.2) is 9.59 Å². The van der Waals surface area contributed by atoms with E-state index in [-0.39, 0.29) is 19.0 Å². The van der Waals surface area contributed by atoms with Crippen molar-refractivity contribution in [3.63, 3.8) is 0 Å². The summed E-state index contributed by atoms with van der Waals surface area (Å²) in [6, 6.07) is 3.37. The fourth-order valence-corrected chi connectivity index (χ4v) is 6.61. The molecule has 1 aromatic carbocycles. The van der Waals surface area contributed by atoms with Crippen molar-refractivity contribution in [3.05, 3.63) is 34.4 Å². The van der Waals surface area contributed by atoms with E-state index < -0.39 is 11.9 Å². The minimum absolute atomic E-state index is 0.0000448. The lowest BCUT2D eigenvalue weighted by Gasteiger charge is -2.22. The Morgan fingerprint density at radius 3 is 1.56 bits per heavy atom. The number of hydrogen-bond donors (Lipinski definition) is 2. The first-order valence-electron chi connectivity index (χ1n) is 13.3. The normalized spacial score (nSPS) is 13.1. The van der Waals surface area contributed by atoms with E-state index in [1.54, 1.807) is 0 Å². The van der Waals surface area contributed by atoms with Crippen LogP contribution in [0.25, 0.3) is 0 Å². The monoisotopic (exact) mass is 698 g/mol. The number of carboxylic acids is 2. The van der Waals surface area contributed by atoms with Gasteiger partial charge in [0.25, 0.3) is 0 Å². The Hall–Kier alpha value is -0.380. The Morgan fingerprint density at radius 2 is 1.12 bits per heavy atom. The van der Waals surface area contributed by atoms with Gasteiger partial charge in [-0.15, -0.1) is 0 Å². The van der Waals surface area contributed by atoms with Crippen LogP contribution in [0.5, 0.6) is 0 Å². The van der Waals surface area contributed by atoms with Gasteiger partial charge < -0.3 is 10.2 Å². The molecule has 194 valence electrons. The number of benzene rings is 1. The first-order chi connectivity index (χ1) is 16.3. The Kier molecular flexibility index (Phi) is 17.5. The molecule has 0 spiro atoms. The van der Waals surface area contributed by atoms with Crippen molar-refractivity contribution >= 4 is 57.1 Å². The average molecular weight is 698 g/mol. The second-order valence-electron chi connectivity index (χ2n) is 9.36. The number of unbranched alkanes of at least 4 members (excludes halogenated alkanes) is 12. The molecule has 1 rings (SSSR count). The highest BCUT2D eigenvalue weighted by Crippen LogP contribution is 2.42. The number of carboxylic acid groups (broad SMARTS) is 2. The Labute approximate surface area is 234 Å². The highest BCUT2D eigenvalue weighted by molar-refractivity contribution is 14.1. The van der Waals surface area contributed by atoms with Crippen LogP contribution in [0, 0.1) is 0 Å². The summed E-state index contributed by atoms with van der Waals surface area (Å²) in [6.45, 7) is 4.45. The number of alkyl halides is 2. The summed E-state index contributed by atoms with van der Waals surface area (Å²) < 4.78 is 0.190. The molecule has 34 heavy (non-hydrogen) atoms. The number of aromatic carboxylic acids is 2. The van der Waals surface area contributed by atoms with Gasteiger partial charge in [-0.3, -0.25) is 0 Å². The van der Waals surface area contributed by atoms with E-state index in [0.29, 0.717) is 0 Å². The van der Waals surface area contributed by atoms with E-state index in [2.05, 4.69) is 59.0 Å². The van der Waals surface area contributed by atoms with Gasteiger partial charge in [-0.1, -0.05) is 155 Å². The maximum absolute atomic E-state index is 12.2. The van der Waals surface area contributed by atoms with Crippen LogP contribution in [0.15, 0.2) is 12.1 Å². The predicted molar refractivity (Wildman–Crippen MR) is 159 cm³/mol. The van der Waals surface area contributed by atoms with E-state index in [0.717, 1.165) is 43.2 Å². The zero-order valence-corrected chi connectivity index (χ0v) is 25.4. The number of hydrogen-bond acceptors (Lipinski definition) is 2. The number of halogens is 2. The third kappa shape index (κ3) is 11.6. The molecule has 4 nitrogen and oxygen atoms in total. The summed E-state index contributed by atoms with van der Waals surface area (Å²) >= 11 is 4.77. The third-order valence-corrected chi connectivity index (χ3v) is 9.04. The molecule has 1 aromatic rings. The SMILES string of the molecule is CCCCCCCCCC(I)c1ccc(C(=O)O)c(C(=O)O)c1C(I)CCCCCCCCC. The lowest BCUT2D eigenvalue weighted by atomic mass is 9.89. The molecule has 0 aliphatic heterocycles. The largest absolute Gasteiger partial charge is 0.478 e. The standard InChI is InChI=1S/C28H44I2O4/c1-3-5-7-9-11-13-15-17-23(29)21-19-20-22(27(31)32)26(28(33)34)25(21)24(30)18-16-14-12-10-8-6-4-2/h19-20,23-24H,3-18H2,1-2H3,(H,31,32)(H,33,34). The van der Waals surface area contributed by atoms with Gasteiger partial charge in [-0.2, -0.15) is 0 Å². The molecule has 2 atom stereocenters. The fourth-order valence-electron chi connectivity index (χ4n) is 4.52. The van der Waals surface area contributed by atoms with Crippen molar-refractivity contribution in [3.8, 4) is 0 Å². The summed E-state index contributed by atoms with van der Waals surface area (Å²) in [6.07, 6.45) is 19.1. The van der Waals surface area contributed by atoms with Crippen LogP contribution in [0.1, 0.15) is 156 Å². The van der Waals surface area contributed by atoms with Gasteiger partial charge in [0, 0.05) is 7.85 Å². The van der Waals surface area contributed by atoms with Crippen molar-refractivity contribution in [1.82, 2.24) is 0 Å². The van der Waals surface area contributed by atoms with E-state index in [1.807, 2.05) is 6.07 Å². The van der Waals surface area contributed by atoms with Crippen molar-refractivity contribution in [2.75, 3.05) is 0 Å². The maximum Gasteiger partial charge on any atom is 0.336 e. The quantitative estimate of drug-likeness (QED) is 0.0808. The summed E-state index contributed by atoms with van der Waals surface area (Å²) in [7, 11) is 0. The molecular weight excluding hydrogens is 654 g/mol. The second kappa shape index (κ2) is 18.8. The van der Waals surface area contributed by atoms with Crippen molar-refractivity contribution in [1.29, 1.82) is 0 Å².